The molecule has 0 aliphatic carbocycles. The molecule has 0 saturated carbocycles. The van der Waals surface area contributed by atoms with Gasteiger partial charge in [-0.25, -0.2) is 0 Å². The van der Waals surface area contributed by atoms with E-state index in [-0.39, 0.29) is 22.7 Å². The van der Waals surface area contributed by atoms with Gasteiger partial charge in [0, 0.05) is 24.2 Å². The maximum Gasteiger partial charge on any atom is 0.0255 e. The molecule has 1 fully saturated rings. The molecule has 9 heteroatoms. The molecule has 8 nitrogen and oxygen atoms in total. The summed E-state index contributed by atoms with van der Waals surface area (Å²) in [6.07, 6.45) is 0. The van der Waals surface area contributed by atoms with Crippen molar-refractivity contribution >= 4 is 30.1 Å². The smallest absolute Gasteiger partial charge is 0.0255 e. The van der Waals surface area contributed by atoms with E-state index in [1.165, 1.54) is 13.0 Å². The van der Waals surface area contributed by atoms with Crippen molar-refractivity contribution in [3.8, 4) is 5.75 Å². The third-order valence-electron chi connectivity index (χ3n) is 3.42. The first-order chi connectivity index (χ1) is 11.2. The summed E-state index contributed by atoms with van der Waals surface area (Å²) in [6.45, 7) is 12.3. The van der Waals surface area contributed by atoms with Gasteiger partial charge in [-0.15, -0.1) is 0 Å². The van der Waals surface area contributed by atoms with Crippen molar-refractivity contribution in [1.29, 1.82) is 0 Å². The summed E-state index contributed by atoms with van der Waals surface area (Å²) in [4.78, 5) is 10.7. The number of benzene rings is 1. The quantitative estimate of drug-likeness (QED) is 0.363. The number of aromatic hydroxyl groups is 1. The fraction of sp³-hybridized carbons (Fsp3) is 0.562. The van der Waals surface area contributed by atoms with Crippen molar-refractivity contribution in [3.05, 3.63) is 18.2 Å². The van der Waals surface area contributed by atoms with Gasteiger partial charge in [-0.2, -0.15) is 0 Å². The van der Waals surface area contributed by atoms with Gasteiger partial charge in [-0.05, 0) is 27.7 Å². The van der Waals surface area contributed by atoms with Gasteiger partial charge in [0.25, 0.3) is 0 Å². The van der Waals surface area contributed by atoms with E-state index in [0.717, 1.165) is 25.2 Å². The Balaban J connectivity index is 0.000000271. The number of phenols is 1. The predicted molar refractivity (Wildman–Crippen MR) is 97.1 cm³/mol. The van der Waals surface area contributed by atoms with Gasteiger partial charge in [-0.3, -0.25) is 0 Å². The summed E-state index contributed by atoms with van der Waals surface area (Å²) in [5.74, 6) is -0.850. The van der Waals surface area contributed by atoms with Crippen molar-refractivity contribution in [2.24, 2.45) is 0 Å². The van der Waals surface area contributed by atoms with Crippen LogP contribution in [0.5, 0.6) is 5.75 Å². The Bertz CT molecular complexity index is 656. The van der Waals surface area contributed by atoms with E-state index in [9.17, 15) is 13.6 Å². The van der Waals surface area contributed by atoms with Gasteiger partial charge in [-0.1, -0.05) is 0 Å². The van der Waals surface area contributed by atoms with Gasteiger partial charge in [0.1, 0.15) is 0 Å². The number of piperazine rings is 1. The van der Waals surface area contributed by atoms with Crippen LogP contribution in [0.2, 0.25) is 0 Å². The third kappa shape index (κ3) is 7.62. The molecule has 0 bridgehead atoms. The zero-order valence-electron chi connectivity index (χ0n) is 15.3. The largest absolute Gasteiger partial charge is 0.313 e. The molecule has 25 heavy (non-hydrogen) atoms. The van der Waals surface area contributed by atoms with E-state index < -0.39 is 24.3 Å². The summed E-state index contributed by atoms with van der Waals surface area (Å²) in [5, 5.41) is 18.7. The van der Waals surface area contributed by atoms with Gasteiger partial charge >= 0.3 is 88.1 Å². The van der Waals surface area contributed by atoms with Gasteiger partial charge < -0.3 is 10.6 Å². The van der Waals surface area contributed by atoms with Crippen molar-refractivity contribution in [1.82, 2.24) is 10.6 Å². The van der Waals surface area contributed by atoms with Crippen LogP contribution in [-0.2, 0) is 8.53 Å². The molecule has 1 aliphatic heterocycles. The number of carbonyl (C=O) groups is 1. The number of rotatable bonds is 2. The van der Waals surface area contributed by atoms with Crippen LogP contribution in [0.4, 0.5) is 5.69 Å². The maximum absolute atomic E-state index is 10.9. The maximum atomic E-state index is 10.9. The molecule has 1 aromatic carbocycles. The molecular weight excluding hydrogens is 389 g/mol. The number of carbonyl (C=O) groups excluding carboxylic acids is 1. The van der Waals surface area contributed by atoms with E-state index in [0.29, 0.717) is 0 Å². The molecule has 0 spiro atoms. The monoisotopic (exact) mass is 417 g/mol. The van der Waals surface area contributed by atoms with Crippen LogP contribution in [0.1, 0.15) is 34.6 Å². The Hall–Kier alpha value is -1.31. The third-order valence-corrected chi connectivity index (χ3v) is 5.53. The van der Waals surface area contributed by atoms with Crippen LogP contribution in [0.25, 0.3) is 0 Å². The molecule has 142 valence electrons. The van der Waals surface area contributed by atoms with E-state index in [1.54, 1.807) is 0 Å². The van der Waals surface area contributed by atoms with Crippen LogP contribution >= 0.6 is 0 Å². The standard InChI is InChI=1S/C8H10AsNO5.C8H18N2/c1-5(11)10-6-2-3-7(8(12)4-6)9(13,14)15;1-7(2)5-9-6-8(3,4)10-7/h2-4,12H,1H3,(H,10,11)(H2,13,14,15);9-10H,5-6H2,1-4H3. The van der Waals surface area contributed by atoms with E-state index in [2.05, 4.69) is 43.6 Å². The zero-order chi connectivity index (χ0) is 19.5. The van der Waals surface area contributed by atoms with Gasteiger partial charge in [0.2, 0.25) is 0 Å². The van der Waals surface area contributed by atoms with Crippen LogP contribution < -0.4 is 20.3 Å². The summed E-state index contributed by atoms with van der Waals surface area (Å²) < 4.78 is 28.2. The molecule has 1 saturated heterocycles. The first kappa shape index (κ1) is 21.7. The van der Waals surface area contributed by atoms with Crippen molar-refractivity contribution in [2.75, 3.05) is 18.4 Å². The Kier molecular flexibility index (Phi) is 6.89. The summed E-state index contributed by atoms with van der Waals surface area (Å²) in [7, 11) is 0. The summed E-state index contributed by atoms with van der Waals surface area (Å²) in [6, 6.07) is 3.51. The number of hydrogen-bond acceptors (Lipinski definition) is 5. The normalized spacial score (nSPS) is 18.7. The molecular formula is C16H28AsN3O5. The first-order valence-electron chi connectivity index (χ1n) is 7.89. The second-order valence-corrected chi connectivity index (χ2v) is 10.7. The van der Waals surface area contributed by atoms with Crippen molar-refractivity contribution in [2.45, 2.75) is 45.7 Å². The molecule has 2 rings (SSSR count). The fourth-order valence-electron chi connectivity index (χ4n) is 2.74. The van der Waals surface area contributed by atoms with Crippen LogP contribution in [0.3, 0.4) is 0 Å². The molecule has 0 radical (unpaired) electrons. The summed E-state index contributed by atoms with van der Waals surface area (Å²) in [5.41, 5.74) is 0.788. The number of nitrogens with one attached hydrogen (secondary N) is 3. The minimum atomic E-state index is -5.09. The molecule has 1 aliphatic rings. The van der Waals surface area contributed by atoms with Gasteiger partial charge in [0.15, 0.2) is 0 Å². The molecule has 0 aromatic heterocycles. The Labute approximate surface area is 151 Å². The molecule has 1 amide bonds. The fourth-order valence-corrected chi connectivity index (χ4v) is 4.07. The topological polar surface area (TPSA) is 131 Å². The second kappa shape index (κ2) is 7.93. The average Bonchev–Trinajstić information content (AvgIpc) is 2.33. The molecule has 0 atom stereocenters. The molecule has 1 heterocycles. The number of hydrogen-bond donors (Lipinski definition) is 6. The SMILES string of the molecule is CC(=O)Nc1ccc([As](=O)(O)O)c(O)c1.CC1(C)CNCC(C)(C)N1. The average molecular weight is 417 g/mol. The first-order valence-corrected chi connectivity index (χ1v) is 11.3. The van der Waals surface area contributed by atoms with Crippen molar-refractivity contribution < 1.29 is 21.8 Å². The minimum absolute atomic E-state index is 0.252. The van der Waals surface area contributed by atoms with E-state index in [4.69, 9.17) is 8.19 Å². The van der Waals surface area contributed by atoms with Gasteiger partial charge in [0.05, 0.1) is 0 Å². The second-order valence-electron chi connectivity index (χ2n) is 7.43. The number of amides is 1. The van der Waals surface area contributed by atoms with E-state index in [1.807, 2.05) is 0 Å². The number of anilines is 1. The molecule has 1 aromatic rings. The van der Waals surface area contributed by atoms with Crippen LogP contribution in [-0.4, -0.2) is 57.5 Å². The Morgan fingerprint density at radius 1 is 1.16 bits per heavy atom. The number of phenolic OH excluding ortho intramolecular Hbond substituents is 1. The summed E-state index contributed by atoms with van der Waals surface area (Å²) >= 11 is -5.09. The predicted octanol–water partition coefficient (Wildman–Crippen LogP) is -0.352. The molecule has 6 N–H and O–H groups in total. The minimum Gasteiger partial charge on any atom is -0.313 e. The van der Waals surface area contributed by atoms with Crippen LogP contribution in [0.15, 0.2) is 18.2 Å². The van der Waals surface area contributed by atoms with Crippen LogP contribution in [0, 0.1) is 0 Å². The van der Waals surface area contributed by atoms with Crippen molar-refractivity contribution in [3.63, 3.8) is 0 Å². The Morgan fingerprint density at radius 2 is 1.68 bits per heavy atom. The zero-order valence-corrected chi connectivity index (χ0v) is 17.1. The molecule has 0 unspecified atom stereocenters. The van der Waals surface area contributed by atoms with E-state index >= 15 is 0 Å². The Morgan fingerprint density at radius 3 is 2.00 bits per heavy atom.